The van der Waals surface area contributed by atoms with Gasteiger partial charge in [0.15, 0.2) is 5.82 Å². The zero-order chi connectivity index (χ0) is 16.4. The number of aromatic nitrogens is 4. The number of alkyl halides is 3. The maximum absolute atomic E-state index is 12.1. The number of H-pyrrole nitrogens is 1. The van der Waals surface area contributed by atoms with Gasteiger partial charge in [0.1, 0.15) is 5.75 Å². The molecule has 3 rings (SSSR count). The van der Waals surface area contributed by atoms with E-state index in [0.29, 0.717) is 5.56 Å². The summed E-state index contributed by atoms with van der Waals surface area (Å²) < 4.78 is 44.4. The molecule has 0 aliphatic rings. The van der Waals surface area contributed by atoms with Crippen LogP contribution in [0.4, 0.5) is 19.0 Å². The first-order valence-corrected chi connectivity index (χ1v) is 6.22. The number of benzene rings is 1. The molecule has 0 unspecified atom stereocenters. The van der Waals surface area contributed by atoms with Gasteiger partial charge in [-0.25, -0.2) is 4.63 Å². The molecule has 0 atom stereocenters. The molecule has 0 spiro atoms. The first-order valence-electron chi connectivity index (χ1n) is 6.22. The molecule has 0 saturated carbocycles. The molecule has 0 aliphatic carbocycles. The van der Waals surface area contributed by atoms with Crippen LogP contribution in [0.3, 0.4) is 0 Å². The number of hydrogen-bond donors (Lipinski definition) is 2. The summed E-state index contributed by atoms with van der Waals surface area (Å²) in [5.74, 6) is -0.337. The van der Waals surface area contributed by atoms with Crippen LogP contribution in [0.1, 0.15) is 5.56 Å². The van der Waals surface area contributed by atoms with Gasteiger partial charge in [0.2, 0.25) is 11.3 Å². The predicted octanol–water partition coefficient (Wildman–Crippen LogP) is 1.82. The third-order valence-electron chi connectivity index (χ3n) is 2.75. The summed E-state index contributed by atoms with van der Waals surface area (Å²) in [4.78, 5) is 18.1. The molecule has 120 valence electrons. The van der Waals surface area contributed by atoms with Gasteiger partial charge in [-0.3, -0.25) is 9.78 Å². The van der Waals surface area contributed by atoms with Crippen molar-refractivity contribution in [1.29, 1.82) is 0 Å². The average molecular weight is 327 g/mol. The number of aromatic amines is 1. The molecular formula is C12H8F3N5O3. The van der Waals surface area contributed by atoms with Crippen LogP contribution in [0.5, 0.6) is 5.75 Å². The first-order chi connectivity index (χ1) is 10.9. The molecule has 8 nitrogen and oxygen atoms in total. The molecular weight excluding hydrogens is 319 g/mol. The monoisotopic (exact) mass is 327 g/mol. The third-order valence-corrected chi connectivity index (χ3v) is 2.75. The minimum Gasteiger partial charge on any atom is -0.406 e. The molecule has 3 aromatic rings. The van der Waals surface area contributed by atoms with E-state index in [1.54, 1.807) is 0 Å². The zero-order valence-electron chi connectivity index (χ0n) is 11.2. The number of hydrogen-bond acceptors (Lipinski definition) is 7. The second-order valence-corrected chi connectivity index (χ2v) is 4.40. The fourth-order valence-corrected chi connectivity index (χ4v) is 1.77. The second-order valence-electron chi connectivity index (χ2n) is 4.40. The SMILES string of the molecule is O=c1[nH]c2nonc2nc1NCc1ccc(OC(F)(F)F)cc1. The molecule has 0 radical (unpaired) electrons. The maximum Gasteiger partial charge on any atom is 0.573 e. The van der Waals surface area contributed by atoms with E-state index in [2.05, 4.69) is 35.0 Å². The normalized spacial score (nSPS) is 11.6. The van der Waals surface area contributed by atoms with E-state index in [9.17, 15) is 18.0 Å². The fraction of sp³-hybridized carbons (Fsp3) is 0.167. The number of anilines is 1. The standard InChI is InChI=1S/C12H8F3N5O3/c13-12(14,15)22-7-3-1-6(2-4-7)5-16-10-11(21)18-9-8(17-10)19-23-20-9/h1-4H,5H2,(H,16,17,19)(H,18,20,21). The van der Waals surface area contributed by atoms with E-state index in [4.69, 9.17) is 0 Å². The van der Waals surface area contributed by atoms with Crippen molar-refractivity contribution in [1.82, 2.24) is 20.3 Å². The number of rotatable bonds is 4. The number of halogens is 3. The Balaban J connectivity index is 1.69. The van der Waals surface area contributed by atoms with Crippen molar-refractivity contribution >= 4 is 17.1 Å². The minimum absolute atomic E-state index is 0.0104. The third kappa shape index (κ3) is 3.56. The molecule has 2 aromatic heterocycles. The van der Waals surface area contributed by atoms with E-state index in [1.165, 1.54) is 24.3 Å². The van der Waals surface area contributed by atoms with E-state index in [-0.39, 0.29) is 29.4 Å². The Labute approximate surface area is 125 Å². The molecule has 0 bridgehead atoms. The smallest absolute Gasteiger partial charge is 0.406 e. The molecule has 0 saturated heterocycles. The van der Waals surface area contributed by atoms with Crippen molar-refractivity contribution in [3.63, 3.8) is 0 Å². The van der Waals surface area contributed by atoms with E-state index < -0.39 is 11.9 Å². The number of nitrogens with zero attached hydrogens (tertiary/aromatic N) is 3. The van der Waals surface area contributed by atoms with Gasteiger partial charge >= 0.3 is 6.36 Å². The lowest BCUT2D eigenvalue weighted by atomic mass is 10.2. The molecule has 1 aromatic carbocycles. The Bertz CT molecular complexity index is 872. The van der Waals surface area contributed by atoms with E-state index in [0.717, 1.165) is 0 Å². The van der Waals surface area contributed by atoms with Crippen molar-refractivity contribution in [2.75, 3.05) is 5.32 Å². The van der Waals surface area contributed by atoms with Gasteiger partial charge in [0.25, 0.3) is 5.56 Å². The summed E-state index contributed by atoms with van der Waals surface area (Å²) in [5, 5.41) is 9.68. The Morgan fingerprint density at radius 2 is 1.96 bits per heavy atom. The van der Waals surface area contributed by atoms with Gasteiger partial charge in [-0.15, -0.1) is 13.2 Å². The first kappa shape index (κ1) is 14.8. The number of nitrogens with one attached hydrogen (secondary N) is 2. The largest absolute Gasteiger partial charge is 0.573 e. The van der Waals surface area contributed by atoms with E-state index >= 15 is 0 Å². The topological polar surface area (TPSA) is 106 Å². The quantitative estimate of drug-likeness (QED) is 0.753. The molecule has 0 aliphatic heterocycles. The van der Waals surface area contributed by atoms with Crippen LogP contribution in [0.2, 0.25) is 0 Å². The summed E-state index contributed by atoms with van der Waals surface area (Å²) in [6, 6.07) is 5.21. The summed E-state index contributed by atoms with van der Waals surface area (Å²) in [6.45, 7) is 0.166. The summed E-state index contributed by atoms with van der Waals surface area (Å²) in [7, 11) is 0. The fourth-order valence-electron chi connectivity index (χ4n) is 1.77. The Morgan fingerprint density at radius 1 is 1.22 bits per heavy atom. The van der Waals surface area contributed by atoms with Crippen molar-refractivity contribution in [3.8, 4) is 5.75 Å². The van der Waals surface area contributed by atoms with Crippen LogP contribution >= 0.6 is 0 Å². The van der Waals surface area contributed by atoms with Crippen molar-refractivity contribution in [3.05, 3.63) is 40.2 Å². The van der Waals surface area contributed by atoms with Gasteiger partial charge in [-0.2, -0.15) is 4.98 Å². The van der Waals surface area contributed by atoms with Crippen molar-refractivity contribution in [2.24, 2.45) is 0 Å². The van der Waals surface area contributed by atoms with Crippen LogP contribution in [0.15, 0.2) is 33.7 Å². The van der Waals surface area contributed by atoms with Crippen LogP contribution in [0.25, 0.3) is 11.3 Å². The van der Waals surface area contributed by atoms with Crippen LogP contribution in [0, 0.1) is 0 Å². The molecule has 23 heavy (non-hydrogen) atoms. The minimum atomic E-state index is -4.74. The van der Waals surface area contributed by atoms with Gasteiger partial charge in [0, 0.05) is 6.54 Å². The Kier molecular flexibility index (Phi) is 3.60. The van der Waals surface area contributed by atoms with Gasteiger partial charge in [0.05, 0.1) is 0 Å². The highest BCUT2D eigenvalue weighted by Crippen LogP contribution is 2.22. The molecule has 0 fully saturated rings. The van der Waals surface area contributed by atoms with Crippen LogP contribution in [-0.4, -0.2) is 26.6 Å². The molecule has 2 heterocycles. The Morgan fingerprint density at radius 3 is 2.65 bits per heavy atom. The number of fused-ring (bicyclic) bond motifs is 1. The van der Waals surface area contributed by atoms with Gasteiger partial charge in [-0.05, 0) is 28.0 Å². The average Bonchev–Trinajstić information content (AvgIpc) is 2.91. The molecule has 2 N–H and O–H groups in total. The van der Waals surface area contributed by atoms with E-state index in [1.807, 2.05) is 0 Å². The predicted molar refractivity (Wildman–Crippen MR) is 70.7 cm³/mol. The Hall–Kier alpha value is -3.11. The number of ether oxygens (including phenoxy) is 1. The van der Waals surface area contributed by atoms with Crippen molar-refractivity contribution in [2.45, 2.75) is 12.9 Å². The summed E-state index contributed by atoms with van der Waals surface area (Å²) in [5.41, 5.74) is 0.347. The summed E-state index contributed by atoms with van der Waals surface area (Å²) >= 11 is 0. The lowest BCUT2D eigenvalue weighted by molar-refractivity contribution is -0.274. The van der Waals surface area contributed by atoms with Crippen molar-refractivity contribution < 1.29 is 22.5 Å². The molecule has 11 heteroatoms. The van der Waals surface area contributed by atoms with Crippen LogP contribution < -0.4 is 15.6 Å². The lowest BCUT2D eigenvalue weighted by Crippen LogP contribution is -2.17. The van der Waals surface area contributed by atoms with Crippen LogP contribution in [-0.2, 0) is 6.54 Å². The highest BCUT2D eigenvalue weighted by molar-refractivity contribution is 5.64. The highest BCUT2D eigenvalue weighted by atomic mass is 19.4. The second kappa shape index (κ2) is 5.59. The maximum atomic E-state index is 12.1. The molecule has 0 amide bonds. The zero-order valence-corrected chi connectivity index (χ0v) is 11.2. The highest BCUT2D eigenvalue weighted by Gasteiger charge is 2.30. The van der Waals surface area contributed by atoms with Gasteiger partial charge < -0.3 is 10.1 Å². The van der Waals surface area contributed by atoms with Gasteiger partial charge in [-0.1, -0.05) is 12.1 Å². The summed E-state index contributed by atoms with van der Waals surface area (Å²) in [6.07, 6.45) is -4.74. The lowest BCUT2D eigenvalue weighted by Gasteiger charge is -2.09.